The lowest BCUT2D eigenvalue weighted by molar-refractivity contribution is -0.120. The fraction of sp³-hybridized carbons (Fsp3) is 0.316. The Bertz CT molecular complexity index is 640. The molecule has 0 fully saturated rings. The summed E-state index contributed by atoms with van der Waals surface area (Å²) in [4.78, 5) is 13.6. The number of hydrogen-bond donors (Lipinski definition) is 2. The molecule has 2 rings (SSSR count). The lowest BCUT2D eigenvalue weighted by atomic mass is 10.1. The van der Waals surface area contributed by atoms with Crippen LogP contribution in [0.4, 0.5) is 4.39 Å². The Kier molecular flexibility index (Phi) is 9.57. The van der Waals surface area contributed by atoms with Gasteiger partial charge in [-0.1, -0.05) is 37.3 Å². The van der Waals surface area contributed by atoms with Crippen molar-refractivity contribution in [3.63, 3.8) is 0 Å². The molecule has 2 aromatic carbocycles. The number of carbonyl (C=O) groups is 1. The van der Waals surface area contributed by atoms with E-state index in [0.717, 1.165) is 17.0 Å². The van der Waals surface area contributed by atoms with E-state index in [1.807, 2.05) is 44.2 Å². The van der Waals surface area contributed by atoms with E-state index in [0.29, 0.717) is 6.54 Å². The summed E-state index contributed by atoms with van der Waals surface area (Å²) in [5.41, 5.74) is 0.931. The number of nitrogens with one attached hydrogen (secondary N) is 2. The minimum atomic E-state index is -0.370. The number of halogens is 2. The van der Waals surface area contributed by atoms with Crippen LogP contribution in [0.3, 0.4) is 0 Å². The van der Waals surface area contributed by atoms with Crippen LogP contribution in [0.2, 0.25) is 0 Å². The summed E-state index contributed by atoms with van der Waals surface area (Å²) < 4.78 is 13.1. The van der Waals surface area contributed by atoms with Gasteiger partial charge in [-0.2, -0.15) is 0 Å². The van der Waals surface area contributed by atoms with E-state index in [1.165, 1.54) is 23.9 Å². The fourth-order valence-corrected chi connectivity index (χ4v) is 3.37. The topological polar surface area (TPSA) is 41.1 Å². The van der Waals surface area contributed by atoms with Crippen molar-refractivity contribution in [1.82, 2.24) is 10.6 Å². The Hall–Kier alpha value is -1.56. The molecule has 6 heteroatoms. The number of likely N-dealkylation sites (N-methyl/N-ethyl adjacent to an activating group) is 1. The smallest absolute Gasteiger partial charge is 0.238 e. The molecule has 0 spiro atoms. The van der Waals surface area contributed by atoms with Crippen LogP contribution in [0.25, 0.3) is 0 Å². The van der Waals surface area contributed by atoms with Crippen molar-refractivity contribution in [3.05, 3.63) is 66.0 Å². The summed E-state index contributed by atoms with van der Waals surface area (Å²) in [6.07, 6.45) is 0. The highest BCUT2D eigenvalue weighted by molar-refractivity contribution is 8.00. The number of hydrogen-bond acceptors (Lipinski definition) is 3. The lowest BCUT2D eigenvalue weighted by Crippen LogP contribution is -2.40. The molecule has 2 N–H and O–H groups in total. The van der Waals surface area contributed by atoms with Gasteiger partial charge < -0.3 is 10.6 Å². The second-order valence-electron chi connectivity index (χ2n) is 5.57. The van der Waals surface area contributed by atoms with Gasteiger partial charge in [0.1, 0.15) is 11.1 Å². The zero-order chi connectivity index (χ0) is 17.4. The Balaban J connectivity index is 0.00000312. The maximum Gasteiger partial charge on any atom is 0.238 e. The lowest BCUT2D eigenvalue weighted by Gasteiger charge is -2.19. The SMILES string of the molecule is CCN[C@H](C)CNC(=O)C(Sc1ccc(F)cc1)c1ccccc1.Cl. The van der Waals surface area contributed by atoms with Crippen LogP contribution in [0.1, 0.15) is 24.7 Å². The molecule has 25 heavy (non-hydrogen) atoms. The van der Waals surface area contributed by atoms with Crippen molar-refractivity contribution in [1.29, 1.82) is 0 Å². The third-order valence-corrected chi connectivity index (χ3v) is 4.81. The van der Waals surface area contributed by atoms with E-state index in [4.69, 9.17) is 0 Å². The van der Waals surface area contributed by atoms with Crippen molar-refractivity contribution < 1.29 is 9.18 Å². The predicted octanol–water partition coefficient (Wildman–Crippen LogP) is 4.20. The van der Waals surface area contributed by atoms with Crippen LogP contribution in [0, 0.1) is 5.82 Å². The first-order chi connectivity index (χ1) is 11.6. The quantitative estimate of drug-likeness (QED) is 0.672. The van der Waals surface area contributed by atoms with E-state index in [9.17, 15) is 9.18 Å². The fourth-order valence-electron chi connectivity index (χ4n) is 2.32. The standard InChI is InChI=1S/C19H23FN2OS.ClH/c1-3-21-14(2)13-22-19(23)18(15-7-5-4-6-8-15)24-17-11-9-16(20)10-12-17;/h4-12,14,18,21H,3,13H2,1-2H3,(H,22,23);1H/t14-,18?;/m1./s1. The molecule has 1 unspecified atom stereocenters. The molecule has 0 aromatic heterocycles. The van der Waals surface area contributed by atoms with Gasteiger partial charge in [-0.05, 0) is 43.3 Å². The van der Waals surface area contributed by atoms with Crippen LogP contribution in [0.15, 0.2) is 59.5 Å². The first-order valence-electron chi connectivity index (χ1n) is 8.08. The molecule has 0 aliphatic carbocycles. The molecule has 136 valence electrons. The average Bonchev–Trinajstić information content (AvgIpc) is 2.60. The van der Waals surface area contributed by atoms with Crippen LogP contribution in [-0.2, 0) is 4.79 Å². The van der Waals surface area contributed by atoms with Gasteiger partial charge in [-0.25, -0.2) is 4.39 Å². The van der Waals surface area contributed by atoms with Crippen molar-refractivity contribution in [2.75, 3.05) is 13.1 Å². The molecule has 0 saturated heterocycles. The number of benzene rings is 2. The molecule has 2 atom stereocenters. The number of rotatable bonds is 8. The van der Waals surface area contributed by atoms with Gasteiger partial charge in [0.25, 0.3) is 0 Å². The third kappa shape index (κ3) is 7.06. The third-order valence-electron chi connectivity index (χ3n) is 3.54. The van der Waals surface area contributed by atoms with Gasteiger partial charge in [-0.3, -0.25) is 4.79 Å². The molecule has 0 bridgehead atoms. The summed E-state index contributed by atoms with van der Waals surface area (Å²) in [7, 11) is 0. The maximum absolute atomic E-state index is 13.1. The highest BCUT2D eigenvalue weighted by Crippen LogP contribution is 2.35. The summed E-state index contributed by atoms with van der Waals surface area (Å²) in [5, 5.41) is 5.90. The highest BCUT2D eigenvalue weighted by Gasteiger charge is 2.22. The normalized spacial score (nSPS) is 12.8. The Labute approximate surface area is 159 Å². The summed E-state index contributed by atoms with van der Waals surface area (Å²) in [6, 6.07) is 16.1. The first-order valence-corrected chi connectivity index (χ1v) is 8.96. The zero-order valence-electron chi connectivity index (χ0n) is 14.4. The first kappa shape index (κ1) is 21.5. The Morgan fingerprint density at radius 3 is 2.36 bits per heavy atom. The van der Waals surface area contributed by atoms with Gasteiger partial charge in [-0.15, -0.1) is 24.2 Å². The van der Waals surface area contributed by atoms with Crippen molar-refractivity contribution in [2.45, 2.75) is 30.0 Å². The van der Waals surface area contributed by atoms with Gasteiger partial charge in [0.15, 0.2) is 0 Å². The molecular formula is C19H24ClFN2OS. The number of amides is 1. The number of carbonyl (C=O) groups excluding carboxylic acids is 1. The molecule has 3 nitrogen and oxygen atoms in total. The molecule has 0 aliphatic rings. The van der Waals surface area contributed by atoms with Gasteiger partial charge in [0.2, 0.25) is 5.91 Å². The predicted molar refractivity (Wildman–Crippen MR) is 105 cm³/mol. The van der Waals surface area contributed by atoms with Crippen molar-refractivity contribution >= 4 is 30.1 Å². The minimum absolute atomic E-state index is 0. The maximum atomic E-state index is 13.1. The molecule has 0 radical (unpaired) electrons. The second kappa shape index (κ2) is 11.1. The molecule has 2 aromatic rings. The Morgan fingerprint density at radius 1 is 1.12 bits per heavy atom. The van der Waals surface area contributed by atoms with E-state index in [-0.39, 0.29) is 35.4 Å². The van der Waals surface area contributed by atoms with E-state index in [2.05, 4.69) is 10.6 Å². The second-order valence-corrected chi connectivity index (χ2v) is 6.74. The largest absolute Gasteiger partial charge is 0.353 e. The molecule has 1 amide bonds. The zero-order valence-corrected chi connectivity index (χ0v) is 16.0. The van der Waals surface area contributed by atoms with Crippen LogP contribution in [0.5, 0.6) is 0 Å². The van der Waals surface area contributed by atoms with Gasteiger partial charge in [0.05, 0.1) is 0 Å². The van der Waals surface area contributed by atoms with E-state index < -0.39 is 0 Å². The average molecular weight is 383 g/mol. The molecule has 0 heterocycles. The van der Waals surface area contributed by atoms with Crippen molar-refractivity contribution in [3.8, 4) is 0 Å². The molecule has 0 saturated carbocycles. The monoisotopic (exact) mass is 382 g/mol. The summed E-state index contributed by atoms with van der Waals surface area (Å²) >= 11 is 1.42. The van der Waals surface area contributed by atoms with Crippen molar-refractivity contribution in [2.24, 2.45) is 0 Å². The Morgan fingerprint density at radius 2 is 1.76 bits per heavy atom. The van der Waals surface area contributed by atoms with Gasteiger partial charge >= 0.3 is 0 Å². The van der Waals surface area contributed by atoms with Gasteiger partial charge in [0, 0.05) is 17.5 Å². The van der Waals surface area contributed by atoms with Crippen LogP contribution < -0.4 is 10.6 Å². The highest BCUT2D eigenvalue weighted by atomic mass is 35.5. The van der Waals surface area contributed by atoms with Crippen LogP contribution in [-0.4, -0.2) is 25.0 Å². The summed E-state index contributed by atoms with van der Waals surface area (Å²) in [5.74, 6) is -0.320. The summed E-state index contributed by atoms with van der Waals surface area (Å²) in [6.45, 7) is 5.51. The molecule has 0 aliphatic heterocycles. The number of thioether (sulfide) groups is 1. The minimum Gasteiger partial charge on any atom is -0.353 e. The molecular weight excluding hydrogens is 359 g/mol. The van der Waals surface area contributed by atoms with Crippen LogP contribution >= 0.6 is 24.2 Å². The van der Waals surface area contributed by atoms with E-state index in [1.54, 1.807) is 12.1 Å². The van der Waals surface area contributed by atoms with E-state index >= 15 is 0 Å².